The zero-order valence-electron chi connectivity index (χ0n) is 21.8. The van der Waals surface area contributed by atoms with Gasteiger partial charge in [0.1, 0.15) is 0 Å². The number of hydrogen-bond donors (Lipinski definition) is 2. The molecule has 1 heterocycles. The summed E-state index contributed by atoms with van der Waals surface area (Å²) in [4.78, 5) is 29.2. The summed E-state index contributed by atoms with van der Waals surface area (Å²) in [6, 6.07) is 14.5. The summed E-state index contributed by atoms with van der Waals surface area (Å²) in [7, 11) is 0. The summed E-state index contributed by atoms with van der Waals surface area (Å²) in [5.74, 6) is -0.399. The first-order valence-corrected chi connectivity index (χ1v) is 13.6. The Morgan fingerprint density at radius 2 is 1.75 bits per heavy atom. The monoisotopic (exact) mass is 532 g/mol. The van der Waals surface area contributed by atoms with Crippen LogP contribution in [0, 0.1) is 5.41 Å². The third-order valence-corrected chi connectivity index (χ3v) is 7.98. The number of rotatable bonds is 9. The van der Waals surface area contributed by atoms with Crippen LogP contribution < -0.4 is 5.32 Å². The number of piperidine rings is 1. The molecule has 1 aliphatic heterocycles. The lowest BCUT2D eigenvalue weighted by Crippen LogP contribution is -2.58. The number of amides is 2. The Morgan fingerprint density at radius 3 is 2.31 bits per heavy atom. The van der Waals surface area contributed by atoms with Crippen LogP contribution in [0.3, 0.4) is 0 Å². The van der Waals surface area contributed by atoms with E-state index in [-0.39, 0.29) is 36.2 Å². The fourth-order valence-electron chi connectivity index (χ4n) is 5.46. The normalized spacial score (nSPS) is 24.8. The zero-order valence-corrected chi connectivity index (χ0v) is 23.3. The van der Waals surface area contributed by atoms with Crippen LogP contribution in [0.25, 0.3) is 0 Å². The van der Waals surface area contributed by atoms with Crippen molar-refractivity contribution >= 4 is 35.0 Å². The van der Waals surface area contributed by atoms with E-state index in [2.05, 4.69) is 5.32 Å². The number of carbonyl (C=O) groups excluding carboxylic acids is 2. The first-order chi connectivity index (χ1) is 17.0. The van der Waals surface area contributed by atoms with E-state index in [4.69, 9.17) is 23.2 Å². The summed E-state index contributed by atoms with van der Waals surface area (Å²) in [6.07, 6.45) is 1.19. The predicted octanol–water partition coefficient (Wildman–Crippen LogP) is 6.52. The maximum atomic E-state index is 14.3. The van der Waals surface area contributed by atoms with E-state index in [1.807, 2.05) is 81.1 Å². The van der Waals surface area contributed by atoms with Gasteiger partial charge in [0.25, 0.3) is 0 Å². The molecule has 1 aliphatic rings. The van der Waals surface area contributed by atoms with E-state index in [0.29, 0.717) is 22.9 Å². The van der Waals surface area contributed by atoms with Crippen LogP contribution in [-0.4, -0.2) is 40.0 Å². The fraction of sp³-hybridized carbons (Fsp3) is 0.517. The molecule has 0 bridgehead atoms. The highest BCUT2D eigenvalue weighted by molar-refractivity contribution is 6.30. The van der Waals surface area contributed by atoms with Gasteiger partial charge in [-0.25, -0.2) is 0 Å². The van der Waals surface area contributed by atoms with Crippen LogP contribution >= 0.6 is 23.2 Å². The third-order valence-electron chi connectivity index (χ3n) is 7.49. The highest BCUT2D eigenvalue weighted by Gasteiger charge is 2.52. The number of hydrogen-bond acceptors (Lipinski definition) is 3. The minimum absolute atomic E-state index is 0.0299. The number of likely N-dealkylation sites (tertiary alicyclic amines) is 1. The molecule has 2 unspecified atom stereocenters. The van der Waals surface area contributed by atoms with Crippen molar-refractivity contribution < 1.29 is 14.7 Å². The minimum Gasteiger partial charge on any atom is -0.391 e. The summed E-state index contributed by atoms with van der Waals surface area (Å²) in [5.41, 5.74) is 0.979. The van der Waals surface area contributed by atoms with Gasteiger partial charge in [-0.05, 0) is 68.5 Å². The van der Waals surface area contributed by atoms with Crippen LogP contribution in [0.2, 0.25) is 10.0 Å². The van der Waals surface area contributed by atoms with Gasteiger partial charge in [0.05, 0.1) is 23.6 Å². The molecule has 1 fully saturated rings. The summed E-state index contributed by atoms with van der Waals surface area (Å²) in [5, 5.41) is 15.0. The lowest BCUT2D eigenvalue weighted by Gasteiger charge is -2.52. The molecule has 7 heteroatoms. The van der Waals surface area contributed by atoms with Gasteiger partial charge in [-0.3, -0.25) is 9.59 Å². The number of nitrogens with one attached hydrogen (secondary N) is 1. The van der Waals surface area contributed by atoms with Gasteiger partial charge in [0, 0.05) is 28.4 Å². The number of aliphatic hydroxyl groups excluding tert-OH is 1. The van der Waals surface area contributed by atoms with Crippen molar-refractivity contribution in [2.24, 2.45) is 5.41 Å². The van der Waals surface area contributed by atoms with Crippen molar-refractivity contribution in [3.05, 3.63) is 69.7 Å². The molecule has 2 aromatic carbocycles. The molecular formula is C29H38Cl2N2O3. The largest absolute Gasteiger partial charge is 0.391 e. The standard InChI is InChI=1S/C29H38Cl2N2O3/c1-6-18(3)32-26(35)17-29(5)16-24(21-9-8-10-23(31)15-21)27(20-11-13-22(30)14-12-20)33(28(29)36)25(7-2)19(4)34/h8-15,18-19,24-25,27,34H,6-7,16-17H2,1-5H3,(H,32,35)/t18?,19-,24+,25?,27+,29+/m0/s1. The number of aliphatic hydroxyl groups is 1. The fourth-order valence-corrected chi connectivity index (χ4v) is 5.79. The molecule has 6 atom stereocenters. The van der Waals surface area contributed by atoms with Gasteiger partial charge in [-0.1, -0.05) is 68.2 Å². The van der Waals surface area contributed by atoms with E-state index < -0.39 is 17.6 Å². The quantitative estimate of drug-likeness (QED) is 0.386. The van der Waals surface area contributed by atoms with Gasteiger partial charge in [-0.2, -0.15) is 0 Å². The molecule has 0 aromatic heterocycles. The molecule has 0 saturated carbocycles. The second-order valence-corrected chi connectivity index (χ2v) is 11.3. The molecule has 1 saturated heterocycles. The Kier molecular flexibility index (Phi) is 9.48. The van der Waals surface area contributed by atoms with Crippen molar-refractivity contribution in [1.82, 2.24) is 10.2 Å². The molecule has 36 heavy (non-hydrogen) atoms. The predicted molar refractivity (Wildman–Crippen MR) is 146 cm³/mol. The highest BCUT2D eigenvalue weighted by Crippen LogP contribution is 2.52. The van der Waals surface area contributed by atoms with Crippen molar-refractivity contribution in [3.63, 3.8) is 0 Å². The van der Waals surface area contributed by atoms with Gasteiger partial charge < -0.3 is 15.3 Å². The number of benzene rings is 2. The van der Waals surface area contributed by atoms with Crippen LogP contribution in [0.4, 0.5) is 0 Å². The zero-order chi connectivity index (χ0) is 26.6. The Morgan fingerprint density at radius 1 is 1.08 bits per heavy atom. The number of halogens is 2. The molecule has 5 nitrogen and oxygen atoms in total. The van der Waals surface area contributed by atoms with E-state index in [0.717, 1.165) is 17.5 Å². The van der Waals surface area contributed by atoms with E-state index in [1.165, 1.54) is 0 Å². The molecule has 3 rings (SSSR count). The summed E-state index contributed by atoms with van der Waals surface area (Å²) < 4.78 is 0. The van der Waals surface area contributed by atoms with Crippen molar-refractivity contribution in [2.45, 2.75) is 90.4 Å². The van der Waals surface area contributed by atoms with Crippen LogP contribution in [0.1, 0.15) is 83.4 Å². The Labute approximate surface area is 225 Å². The SMILES string of the molecule is CCC(C)NC(=O)C[C@@]1(C)C[C@H](c2cccc(Cl)c2)[C@@H](c2ccc(Cl)cc2)N(C(CC)[C@H](C)O)C1=O. The first kappa shape index (κ1) is 28.5. The van der Waals surface area contributed by atoms with Gasteiger partial charge in [0.15, 0.2) is 0 Å². The lowest BCUT2D eigenvalue weighted by molar-refractivity contribution is -0.160. The molecule has 0 radical (unpaired) electrons. The lowest BCUT2D eigenvalue weighted by atomic mass is 9.66. The van der Waals surface area contributed by atoms with Crippen LogP contribution in [-0.2, 0) is 9.59 Å². The minimum atomic E-state index is -0.949. The summed E-state index contributed by atoms with van der Waals surface area (Å²) in [6.45, 7) is 9.54. The van der Waals surface area contributed by atoms with E-state index in [9.17, 15) is 14.7 Å². The Balaban J connectivity index is 2.17. The van der Waals surface area contributed by atoms with Crippen LogP contribution in [0.5, 0.6) is 0 Å². The van der Waals surface area contributed by atoms with Crippen molar-refractivity contribution in [3.8, 4) is 0 Å². The molecular weight excluding hydrogens is 495 g/mol. The van der Waals surface area contributed by atoms with Crippen LogP contribution in [0.15, 0.2) is 48.5 Å². The second-order valence-electron chi connectivity index (χ2n) is 10.4. The van der Waals surface area contributed by atoms with Gasteiger partial charge in [0.2, 0.25) is 11.8 Å². The molecule has 0 spiro atoms. The van der Waals surface area contributed by atoms with Crippen molar-refractivity contribution in [1.29, 1.82) is 0 Å². The molecule has 0 aliphatic carbocycles. The maximum absolute atomic E-state index is 14.3. The number of nitrogens with zero attached hydrogens (tertiary/aromatic N) is 1. The maximum Gasteiger partial charge on any atom is 0.229 e. The van der Waals surface area contributed by atoms with Gasteiger partial charge in [-0.15, -0.1) is 0 Å². The number of carbonyl (C=O) groups is 2. The third kappa shape index (κ3) is 6.24. The average Bonchev–Trinajstić information content (AvgIpc) is 2.82. The molecule has 2 aromatic rings. The second kappa shape index (κ2) is 12.0. The smallest absolute Gasteiger partial charge is 0.229 e. The molecule has 2 N–H and O–H groups in total. The van der Waals surface area contributed by atoms with Gasteiger partial charge >= 0.3 is 0 Å². The van der Waals surface area contributed by atoms with E-state index >= 15 is 0 Å². The first-order valence-electron chi connectivity index (χ1n) is 12.8. The average molecular weight is 534 g/mol. The topological polar surface area (TPSA) is 69.6 Å². The summed E-state index contributed by atoms with van der Waals surface area (Å²) >= 11 is 12.6. The molecule has 196 valence electrons. The highest BCUT2D eigenvalue weighted by atomic mass is 35.5. The molecule has 2 amide bonds. The Bertz CT molecular complexity index is 1060. The van der Waals surface area contributed by atoms with E-state index in [1.54, 1.807) is 6.92 Å². The Hall–Kier alpha value is -2.08. The van der Waals surface area contributed by atoms with Crippen molar-refractivity contribution in [2.75, 3.05) is 0 Å².